The van der Waals surface area contributed by atoms with E-state index in [9.17, 15) is 14.7 Å². The number of benzene rings is 1. The number of phenolic OH excluding ortho intramolecular Hbond substituents is 1. The highest BCUT2D eigenvalue weighted by Gasteiger charge is 2.33. The second-order valence-electron chi connectivity index (χ2n) is 3.86. The van der Waals surface area contributed by atoms with Crippen molar-refractivity contribution in [1.29, 1.82) is 0 Å². The maximum Gasteiger partial charge on any atom is 0.293 e. The molecule has 0 radical (unpaired) electrons. The standard InChI is InChI=1S/C13H13NO4S/c1-3-14-12(16)11(19-13(14)17)7-8-4-5-10(18-2)9(15)6-8/h4-7,15H,3H2,1-2H3/b11-7-. The SMILES string of the molecule is CCN1C(=O)S/C(=C\c2ccc(OC)c(O)c2)C1=O. The maximum absolute atomic E-state index is 11.9. The van der Waals surface area contributed by atoms with Gasteiger partial charge < -0.3 is 9.84 Å². The first-order valence-corrected chi connectivity index (χ1v) is 6.50. The highest BCUT2D eigenvalue weighted by atomic mass is 32.2. The van der Waals surface area contributed by atoms with Gasteiger partial charge in [0.2, 0.25) is 0 Å². The van der Waals surface area contributed by atoms with Crippen molar-refractivity contribution in [2.75, 3.05) is 13.7 Å². The minimum atomic E-state index is -0.298. The van der Waals surface area contributed by atoms with Gasteiger partial charge in [-0.05, 0) is 42.5 Å². The lowest BCUT2D eigenvalue weighted by Crippen LogP contribution is -2.27. The second kappa shape index (κ2) is 5.36. The predicted octanol–water partition coefficient (Wildman–Crippen LogP) is 2.46. The minimum Gasteiger partial charge on any atom is -0.504 e. The minimum absolute atomic E-state index is 0.00836. The molecule has 1 aliphatic heterocycles. The van der Waals surface area contributed by atoms with Crippen LogP contribution in [0.25, 0.3) is 6.08 Å². The Kier molecular flexibility index (Phi) is 3.80. The van der Waals surface area contributed by atoms with E-state index in [1.165, 1.54) is 18.1 Å². The maximum atomic E-state index is 11.9. The van der Waals surface area contributed by atoms with E-state index in [0.717, 1.165) is 11.8 Å². The number of rotatable bonds is 3. The van der Waals surface area contributed by atoms with E-state index < -0.39 is 0 Å². The molecule has 2 rings (SSSR count). The molecule has 0 aromatic heterocycles. The first kappa shape index (κ1) is 13.5. The van der Waals surface area contributed by atoms with Crippen LogP contribution < -0.4 is 4.74 Å². The number of amides is 2. The molecule has 0 atom stereocenters. The second-order valence-corrected chi connectivity index (χ2v) is 4.85. The van der Waals surface area contributed by atoms with E-state index in [4.69, 9.17) is 4.74 Å². The van der Waals surface area contributed by atoms with Gasteiger partial charge in [-0.2, -0.15) is 0 Å². The number of hydrogen-bond donors (Lipinski definition) is 1. The molecule has 1 aromatic rings. The Morgan fingerprint density at radius 1 is 1.42 bits per heavy atom. The lowest BCUT2D eigenvalue weighted by molar-refractivity contribution is -0.122. The van der Waals surface area contributed by atoms with Gasteiger partial charge >= 0.3 is 0 Å². The van der Waals surface area contributed by atoms with Gasteiger partial charge in [0.25, 0.3) is 11.1 Å². The van der Waals surface area contributed by atoms with E-state index in [-0.39, 0.29) is 16.9 Å². The predicted molar refractivity (Wildman–Crippen MR) is 73.0 cm³/mol. The lowest BCUT2D eigenvalue weighted by atomic mass is 10.2. The number of phenols is 1. The quantitative estimate of drug-likeness (QED) is 0.861. The van der Waals surface area contributed by atoms with Crippen LogP contribution in [-0.4, -0.2) is 34.8 Å². The van der Waals surface area contributed by atoms with Crippen molar-refractivity contribution in [3.05, 3.63) is 28.7 Å². The zero-order chi connectivity index (χ0) is 14.0. The Morgan fingerprint density at radius 2 is 2.16 bits per heavy atom. The summed E-state index contributed by atoms with van der Waals surface area (Å²) in [5.41, 5.74) is 0.639. The number of nitrogens with zero attached hydrogens (tertiary/aromatic N) is 1. The number of thioether (sulfide) groups is 1. The summed E-state index contributed by atoms with van der Waals surface area (Å²) in [6.07, 6.45) is 1.58. The molecule has 5 nitrogen and oxygen atoms in total. The van der Waals surface area contributed by atoms with Crippen LogP contribution in [0.2, 0.25) is 0 Å². The van der Waals surface area contributed by atoms with E-state index in [2.05, 4.69) is 0 Å². The normalized spacial score (nSPS) is 17.4. The molecule has 0 spiro atoms. The summed E-state index contributed by atoms with van der Waals surface area (Å²) < 4.78 is 4.94. The topological polar surface area (TPSA) is 66.8 Å². The third-order valence-corrected chi connectivity index (χ3v) is 3.60. The molecule has 1 fully saturated rings. The van der Waals surface area contributed by atoms with Gasteiger partial charge in [0.1, 0.15) is 0 Å². The molecule has 0 unspecified atom stereocenters. The Bertz CT molecular complexity index is 568. The zero-order valence-electron chi connectivity index (χ0n) is 10.5. The molecule has 100 valence electrons. The fraction of sp³-hybridized carbons (Fsp3) is 0.231. The summed E-state index contributed by atoms with van der Waals surface area (Å²) in [5, 5.41) is 9.39. The van der Waals surface area contributed by atoms with Crippen LogP contribution in [0.1, 0.15) is 12.5 Å². The summed E-state index contributed by atoms with van der Waals surface area (Å²) in [6.45, 7) is 2.11. The van der Waals surface area contributed by atoms with Crippen LogP contribution in [0, 0.1) is 0 Å². The number of hydrogen-bond acceptors (Lipinski definition) is 5. The summed E-state index contributed by atoms with van der Waals surface area (Å²) in [7, 11) is 1.46. The van der Waals surface area contributed by atoms with Crippen LogP contribution in [0.3, 0.4) is 0 Å². The van der Waals surface area contributed by atoms with E-state index in [1.807, 2.05) is 0 Å². The van der Waals surface area contributed by atoms with Crippen LogP contribution in [0.15, 0.2) is 23.1 Å². The molecule has 1 saturated heterocycles. The molecule has 1 heterocycles. The summed E-state index contributed by atoms with van der Waals surface area (Å²) in [6, 6.07) is 4.79. The number of methoxy groups -OCH3 is 1. The van der Waals surface area contributed by atoms with Crippen molar-refractivity contribution in [2.24, 2.45) is 0 Å². The number of ether oxygens (including phenoxy) is 1. The molecule has 19 heavy (non-hydrogen) atoms. The average molecular weight is 279 g/mol. The van der Waals surface area contributed by atoms with Gasteiger partial charge in [0, 0.05) is 6.54 Å². The van der Waals surface area contributed by atoms with Gasteiger partial charge in [-0.15, -0.1) is 0 Å². The van der Waals surface area contributed by atoms with E-state index >= 15 is 0 Å². The van der Waals surface area contributed by atoms with Gasteiger partial charge in [-0.25, -0.2) is 0 Å². The smallest absolute Gasteiger partial charge is 0.293 e. The third kappa shape index (κ3) is 2.58. The number of imide groups is 1. The molecule has 0 saturated carbocycles. The van der Waals surface area contributed by atoms with E-state index in [0.29, 0.717) is 22.8 Å². The van der Waals surface area contributed by atoms with Crippen LogP contribution in [0.5, 0.6) is 11.5 Å². The molecule has 0 aliphatic carbocycles. The van der Waals surface area contributed by atoms with Crippen molar-refractivity contribution < 1.29 is 19.4 Å². The molecular formula is C13H13NO4S. The molecular weight excluding hydrogens is 266 g/mol. The monoisotopic (exact) mass is 279 g/mol. The highest BCUT2D eigenvalue weighted by Crippen LogP contribution is 2.33. The van der Waals surface area contributed by atoms with Crippen molar-refractivity contribution in [2.45, 2.75) is 6.92 Å². The zero-order valence-corrected chi connectivity index (χ0v) is 11.4. The lowest BCUT2D eigenvalue weighted by Gasteiger charge is -2.07. The number of aromatic hydroxyl groups is 1. The van der Waals surface area contributed by atoms with Gasteiger partial charge in [-0.3, -0.25) is 14.5 Å². The van der Waals surface area contributed by atoms with Crippen molar-refractivity contribution in [3.8, 4) is 11.5 Å². The van der Waals surface area contributed by atoms with Gasteiger partial charge in [0.05, 0.1) is 12.0 Å². The van der Waals surface area contributed by atoms with Crippen LogP contribution in [0.4, 0.5) is 4.79 Å². The van der Waals surface area contributed by atoms with E-state index in [1.54, 1.807) is 25.1 Å². The summed E-state index contributed by atoms with van der Waals surface area (Å²) in [5.74, 6) is 0.0533. The van der Waals surface area contributed by atoms with Crippen molar-refractivity contribution in [3.63, 3.8) is 0 Å². The fourth-order valence-electron chi connectivity index (χ4n) is 1.72. The fourth-order valence-corrected chi connectivity index (χ4v) is 2.62. The average Bonchev–Trinajstić information content (AvgIpc) is 2.64. The molecule has 1 aliphatic rings. The summed E-state index contributed by atoms with van der Waals surface area (Å²) >= 11 is 0.903. The van der Waals surface area contributed by atoms with Crippen LogP contribution in [-0.2, 0) is 4.79 Å². The number of likely N-dealkylation sites (N-methyl/N-ethyl adjacent to an activating group) is 1. The Hall–Kier alpha value is -1.95. The molecule has 0 bridgehead atoms. The van der Waals surface area contributed by atoms with Gasteiger partial charge in [0.15, 0.2) is 11.5 Å². The first-order chi connectivity index (χ1) is 9.06. The first-order valence-electron chi connectivity index (χ1n) is 5.69. The Balaban J connectivity index is 2.30. The Labute approximate surface area is 114 Å². The largest absolute Gasteiger partial charge is 0.504 e. The Morgan fingerprint density at radius 3 is 2.68 bits per heavy atom. The molecule has 2 amide bonds. The van der Waals surface area contributed by atoms with Crippen molar-refractivity contribution in [1.82, 2.24) is 4.90 Å². The number of carbonyl (C=O) groups is 2. The molecule has 1 aromatic carbocycles. The summed E-state index contributed by atoms with van der Waals surface area (Å²) in [4.78, 5) is 25.0. The highest BCUT2D eigenvalue weighted by molar-refractivity contribution is 8.18. The van der Waals surface area contributed by atoms with Crippen molar-refractivity contribution >= 4 is 29.0 Å². The molecule has 1 N–H and O–H groups in total. The molecule has 6 heteroatoms. The van der Waals surface area contributed by atoms with Crippen LogP contribution >= 0.6 is 11.8 Å². The number of carbonyl (C=O) groups excluding carboxylic acids is 2. The third-order valence-electron chi connectivity index (χ3n) is 2.69. The van der Waals surface area contributed by atoms with Gasteiger partial charge in [-0.1, -0.05) is 6.07 Å².